The van der Waals surface area contributed by atoms with E-state index >= 15 is 0 Å². The molecule has 0 spiro atoms. The van der Waals surface area contributed by atoms with Crippen LogP contribution in [0.3, 0.4) is 0 Å². The van der Waals surface area contributed by atoms with Crippen LogP contribution in [-0.4, -0.2) is 43.2 Å². The zero-order valence-electron chi connectivity index (χ0n) is 8.11. The van der Waals surface area contributed by atoms with Crippen molar-refractivity contribution in [3.63, 3.8) is 0 Å². The van der Waals surface area contributed by atoms with Crippen LogP contribution >= 0.6 is 12.8 Å². The summed E-state index contributed by atoms with van der Waals surface area (Å²) in [5.74, 6) is 0.595. The van der Waals surface area contributed by atoms with Crippen molar-refractivity contribution in [2.45, 2.75) is 18.9 Å². The van der Waals surface area contributed by atoms with Gasteiger partial charge in [0.15, 0.2) is 0 Å². The van der Waals surface area contributed by atoms with Crippen molar-refractivity contribution >= 4 is 18.7 Å². The normalized spacial score (nSPS) is 28.6. The lowest BCUT2D eigenvalue weighted by Crippen LogP contribution is -2.42. The van der Waals surface area contributed by atoms with E-state index in [0.717, 1.165) is 25.9 Å². The van der Waals surface area contributed by atoms with E-state index in [4.69, 9.17) is 4.74 Å². The number of hydrogen-bond donors (Lipinski definition) is 2. The molecule has 4 nitrogen and oxygen atoms in total. The second kappa shape index (κ2) is 4.51. The third-order valence-electron chi connectivity index (χ3n) is 2.69. The van der Waals surface area contributed by atoms with E-state index in [1.165, 1.54) is 0 Å². The van der Waals surface area contributed by atoms with Gasteiger partial charge in [0.25, 0.3) is 0 Å². The highest BCUT2D eigenvalue weighted by molar-refractivity contribution is 7.78. The van der Waals surface area contributed by atoms with Crippen LogP contribution in [-0.2, 0) is 9.53 Å². The molecular formula is C9H16N2O2S. The van der Waals surface area contributed by atoms with Gasteiger partial charge in [0, 0.05) is 19.0 Å². The summed E-state index contributed by atoms with van der Waals surface area (Å²) in [6.07, 6.45) is 2.13. The lowest BCUT2D eigenvalue weighted by atomic mass is 10.2. The fraction of sp³-hybridized carbons (Fsp3) is 0.889. The fourth-order valence-electron chi connectivity index (χ4n) is 1.68. The van der Waals surface area contributed by atoms with Gasteiger partial charge in [-0.25, -0.2) is 0 Å². The summed E-state index contributed by atoms with van der Waals surface area (Å²) in [5.41, 5.74) is 0. The Balaban J connectivity index is 1.91. The highest BCUT2D eigenvalue weighted by atomic mass is 32.1. The van der Waals surface area contributed by atoms with Gasteiger partial charge in [0.05, 0.1) is 19.3 Å². The van der Waals surface area contributed by atoms with E-state index < -0.39 is 0 Å². The van der Waals surface area contributed by atoms with Crippen LogP contribution in [0.1, 0.15) is 12.8 Å². The summed E-state index contributed by atoms with van der Waals surface area (Å²) in [7, 11) is 0. The number of nitrogens with one attached hydrogen (secondary N) is 1. The summed E-state index contributed by atoms with van der Waals surface area (Å²) in [4.78, 5) is 13.7. The molecule has 2 rings (SSSR count). The molecule has 80 valence electrons. The van der Waals surface area contributed by atoms with Crippen molar-refractivity contribution in [3.05, 3.63) is 0 Å². The molecule has 1 aliphatic heterocycles. The van der Waals surface area contributed by atoms with Gasteiger partial charge in [-0.15, -0.1) is 0 Å². The van der Waals surface area contributed by atoms with Gasteiger partial charge in [-0.3, -0.25) is 9.52 Å². The minimum Gasteiger partial charge on any atom is -0.378 e. The van der Waals surface area contributed by atoms with E-state index in [9.17, 15) is 4.79 Å². The van der Waals surface area contributed by atoms with Crippen LogP contribution in [0.25, 0.3) is 0 Å². The fourth-order valence-corrected chi connectivity index (χ4v) is 1.83. The quantitative estimate of drug-likeness (QED) is 0.641. The Morgan fingerprint density at radius 3 is 2.93 bits per heavy atom. The highest BCUT2D eigenvalue weighted by Crippen LogP contribution is 2.31. The second-order valence-electron chi connectivity index (χ2n) is 3.96. The molecule has 5 heteroatoms. The monoisotopic (exact) mass is 216 g/mol. The van der Waals surface area contributed by atoms with E-state index in [2.05, 4.69) is 17.5 Å². The maximum absolute atomic E-state index is 11.8. The number of amides is 1. The SMILES string of the molecule is O=C(C1CC1)N1CCOCC(NS)C1. The molecule has 0 aromatic heterocycles. The molecule has 1 aliphatic carbocycles. The molecule has 1 N–H and O–H groups in total. The van der Waals surface area contributed by atoms with Crippen LogP contribution in [0, 0.1) is 5.92 Å². The third kappa shape index (κ3) is 2.40. The summed E-state index contributed by atoms with van der Waals surface area (Å²) in [6, 6.07) is 0.156. The molecule has 1 atom stereocenters. The zero-order valence-corrected chi connectivity index (χ0v) is 9.00. The predicted octanol–water partition coefficient (Wildman–Crippen LogP) is 0.0582. The Hall–Kier alpha value is -0.260. The number of hydrogen-bond acceptors (Lipinski definition) is 4. The number of carbonyl (C=O) groups excluding carboxylic acids is 1. The number of rotatable bonds is 2. The number of ether oxygens (including phenoxy) is 1. The maximum Gasteiger partial charge on any atom is 0.225 e. The van der Waals surface area contributed by atoms with Gasteiger partial charge >= 0.3 is 0 Å². The molecule has 0 aromatic rings. The van der Waals surface area contributed by atoms with Crippen molar-refractivity contribution in [1.82, 2.24) is 9.62 Å². The van der Waals surface area contributed by atoms with Crippen LogP contribution in [0.4, 0.5) is 0 Å². The van der Waals surface area contributed by atoms with Crippen molar-refractivity contribution in [2.75, 3.05) is 26.3 Å². The lowest BCUT2D eigenvalue weighted by molar-refractivity contribution is -0.132. The van der Waals surface area contributed by atoms with Crippen molar-refractivity contribution in [3.8, 4) is 0 Å². The van der Waals surface area contributed by atoms with Gasteiger partial charge in [0.2, 0.25) is 5.91 Å². The van der Waals surface area contributed by atoms with Crippen molar-refractivity contribution < 1.29 is 9.53 Å². The van der Waals surface area contributed by atoms with E-state index in [1.807, 2.05) is 4.90 Å². The molecule has 1 saturated carbocycles. The molecule has 1 unspecified atom stereocenters. The van der Waals surface area contributed by atoms with Gasteiger partial charge in [0.1, 0.15) is 0 Å². The lowest BCUT2D eigenvalue weighted by Gasteiger charge is -2.22. The third-order valence-corrected chi connectivity index (χ3v) is 3.05. The van der Waals surface area contributed by atoms with Crippen molar-refractivity contribution in [1.29, 1.82) is 0 Å². The first-order valence-electron chi connectivity index (χ1n) is 5.07. The summed E-state index contributed by atoms with van der Waals surface area (Å²) in [6.45, 7) is 2.72. The van der Waals surface area contributed by atoms with E-state index in [-0.39, 0.29) is 6.04 Å². The summed E-state index contributed by atoms with van der Waals surface area (Å²) in [5, 5.41) is 0. The van der Waals surface area contributed by atoms with Crippen molar-refractivity contribution in [2.24, 2.45) is 5.92 Å². The van der Waals surface area contributed by atoms with E-state index in [1.54, 1.807) is 0 Å². The van der Waals surface area contributed by atoms with Crippen LogP contribution in [0.5, 0.6) is 0 Å². The van der Waals surface area contributed by atoms with E-state index in [0.29, 0.717) is 25.0 Å². The number of nitrogens with zero attached hydrogens (tertiary/aromatic N) is 1. The Kier molecular flexibility index (Phi) is 3.30. The molecule has 1 heterocycles. The molecule has 2 fully saturated rings. The molecule has 1 saturated heterocycles. The molecule has 14 heavy (non-hydrogen) atoms. The number of carbonyl (C=O) groups is 1. The largest absolute Gasteiger partial charge is 0.378 e. The Bertz CT molecular complexity index is 221. The topological polar surface area (TPSA) is 41.6 Å². The number of thiol groups is 1. The molecular weight excluding hydrogens is 200 g/mol. The first-order chi connectivity index (χ1) is 6.81. The first kappa shape index (κ1) is 10.3. The first-order valence-corrected chi connectivity index (χ1v) is 5.52. The molecule has 0 radical (unpaired) electrons. The predicted molar refractivity (Wildman–Crippen MR) is 56.0 cm³/mol. The van der Waals surface area contributed by atoms with Crippen LogP contribution in [0.15, 0.2) is 0 Å². The summed E-state index contributed by atoms with van der Waals surface area (Å²) >= 11 is 4.02. The molecule has 2 aliphatic rings. The molecule has 0 aromatic carbocycles. The molecule has 0 bridgehead atoms. The zero-order chi connectivity index (χ0) is 9.97. The Labute approximate surface area is 89.5 Å². The van der Waals surface area contributed by atoms with Gasteiger partial charge < -0.3 is 9.64 Å². The average molecular weight is 216 g/mol. The molecule has 1 amide bonds. The maximum atomic E-state index is 11.8. The Morgan fingerprint density at radius 1 is 1.50 bits per heavy atom. The smallest absolute Gasteiger partial charge is 0.225 e. The minimum absolute atomic E-state index is 0.156. The second-order valence-corrected chi connectivity index (χ2v) is 4.22. The highest BCUT2D eigenvalue weighted by Gasteiger charge is 2.34. The Morgan fingerprint density at radius 2 is 2.29 bits per heavy atom. The summed E-state index contributed by atoms with van der Waals surface area (Å²) < 4.78 is 8.24. The van der Waals surface area contributed by atoms with Gasteiger partial charge in [-0.2, -0.15) is 0 Å². The van der Waals surface area contributed by atoms with Gasteiger partial charge in [-0.05, 0) is 12.8 Å². The average Bonchev–Trinajstić information content (AvgIpc) is 3.03. The van der Waals surface area contributed by atoms with Crippen LogP contribution < -0.4 is 4.72 Å². The van der Waals surface area contributed by atoms with Crippen LogP contribution in [0.2, 0.25) is 0 Å². The van der Waals surface area contributed by atoms with Gasteiger partial charge in [-0.1, -0.05) is 12.8 Å². The standard InChI is InChI=1S/C9H16N2O2S/c12-9(7-1-2-7)11-3-4-13-6-8(5-11)10-14/h7-8,10,14H,1-6H2. The minimum atomic E-state index is 0.156.